The molecular formula is C25H29ClN4O3. The van der Waals surface area contributed by atoms with Crippen LogP contribution in [0.3, 0.4) is 0 Å². The summed E-state index contributed by atoms with van der Waals surface area (Å²) in [5.41, 5.74) is 3.31. The van der Waals surface area contributed by atoms with Gasteiger partial charge >= 0.3 is 0 Å². The van der Waals surface area contributed by atoms with Gasteiger partial charge in [0.2, 0.25) is 5.91 Å². The van der Waals surface area contributed by atoms with Crippen molar-refractivity contribution in [2.75, 3.05) is 18.5 Å². The molecule has 174 valence electrons. The first-order valence-electron chi connectivity index (χ1n) is 11.3. The van der Waals surface area contributed by atoms with Gasteiger partial charge in [0.1, 0.15) is 11.6 Å². The van der Waals surface area contributed by atoms with Gasteiger partial charge in [-0.05, 0) is 61.7 Å². The first-order chi connectivity index (χ1) is 15.9. The fourth-order valence-corrected chi connectivity index (χ4v) is 4.35. The Morgan fingerprint density at radius 3 is 2.73 bits per heavy atom. The summed E-state index contributed by atoms with van der Waals surface area (Å²) >= 11 is 6.02. The average molecular weight is 469 g/mol. The number of rotatable bonds is 8. The van der Waals surface area contributed by atoms with E-state index in [-0.39, 0.29) is 24.3 Å². The van der Waals surface area contributed by atoms with Gasteiger partial charge in [-0.25, -0.2) is 4.98 Å². The molecule has 0 spiro atoms. The highest BCUT2D eigenvalue weighted by atomic mass is 35.5. The number of carbonyl (C=O) groups is 2. The molecule has 2 amide bonds. The molecule has 2 N–H and O–H groups in total. The van der Waals surface area contributed by atoms with Crippen molar-refractivity contribution >= 4 is 40.1 Å². The molecule has 1 aliphatic carbocycles. The van der Waals surface area contributed by atoms with E-state index in [1.165, 1.54) is 0 Å². The topological polar surface area (TPSA) is 85.2 Å². The highest BCUT2D eigenvalue weighted by Crippen LogP contribution is 2.25. The molecule has 0 saturated heterocycles. The Labute approximate surface area is 198 Å². The molecule has 7 nitrogen and oxygen atoms in total. The summed E-state index contributed by atoms with van der Waals surface area (Å²) in [6.07, 6.45) is 4.94. The van der Waals surface area contributed by atoms with Crippen LogP contribution in [-0.4, -0.2) is 34.5 Å². The number of ether oxygens (including phenoxy) is 1. The number of nitrogens with zero attached hydrogens (tertiary/aromatic N) is 2. The van der Waals surface area contributed by atoms with Crippen molar-refractivity contribution in [3.63, 3.8) is 0 Å². The van der Waals surface area contributed by atoms with E-state index < -0.39 is 0 Å². The molecular weight excluding hydrogens is 440 g/mol. The van der Waals surface area contributed by atoms with E-state index in [9.17, 15) is 9.59 Å². The molecule has 1 fully saturated rings. The minimum atomic E-state index is -0.257. The second-order valence-electron chi connectivity index (χ2n) is 8.56. The second-order valence-corrected chi connectivity index (χ2v) is 8.97. The van der Waals surface area contributed by atoms with Crippen molar-refractivity contribution < 1.29 is 14.3 Å². The largest absolute Gasteiger partial charge is 0.484 e. The Morgan fingerprint density at radius 1 is 1.18 bits per heavy atom. The van der Waals surface area contributed by atoms with Crippen molar-refractivity contribution in [3.05, 3.63) is 52.8 Å². The predicted molar refractivity (Wildman–Crippen MR) is 130 cm³/mol. The lowest BCUT2D eigenvalue weighted by molar-refractivity contribution is -0.124. The summed E-state index contributed by atoms with van der Waals surface area (Å²) < 4.78 is 7.58. The third-order valence-electron chi connectivity index (χ3n) is 6.13. The van der Waals surface area contributed by atoms with Crippen LogP contribution in [0, 0.1) is 12.8 Å². The number of carbonyl (C=O) groups excluding carboxylic acids is 2. The highest BCUT2D eigenvalue weighted by molar-refractivity contribution is 6.31. The number of benzene rings is 2. The molecule has 2 aromatic carbocycles. The number of hydrogen-bond donors (Lipinski definition) is 2. The van der Waals surface area contributed by atoms with Crippen LogP contribution in [0.4, 0.5) is 5.69 Å². The monoisotopic (exact) mass is 468 g/mol. The zero-order valence-electron chi connectivity index (χ0n) is 19.0. The van der Waals surface area contributed by atoms with Gasteiger partial charge in [-0.1, -0.05) is 24.4 Å². The first kappa shape index (κ1) is 23.1. The molecule has 3 aromatic rings. The standard InChI is InChI=1S/C25H29ClN4O3/c1-16-13-19(8-9-20(16)26)33-15-24(31)28-18-7-10-22-21(14-18)29-23(30(22)2)11-12-27-25(32)17-5-3-4-6-17/h7-10,13-14,17H,3-6,11-12,15H2,1-2H3,(H,27,32)(H,28,31). The van der Waals surface area contributed by atoms with Crippen LogP contribution < -0.4 is 15.4 Å². The van der Waals surface area contributed by atoms with Gasteiger partial charge in [-0.2, -0.15) is 0 Å². The summed E-state index contributed by atoms with van der Waals surface area (Å²) in [6, 6.07) is 10.9. The Hall–Kier alpha value is -3.06. The van der Waals surface area contributed by atoms with Crippen LogP contribution >= 0.6 is 11.6 Å². The van der Waals surface area contributed by atoms with Gasteiger partial charge < -0.3 is 19.9 Å². The van der Waals surface area contributed by atoms with E-state index in [2.05, 4.69) is 10.6 Å². The van der Waals surface area contributed by atoms with E-state index >= 15 is 0 Å². The van der Waals surface area contributed by atoms with E-state index in [4.69, 9.17) is 21.3 Å². The molecule has 33 heavy (non-hydrogen) atoms. The molecule has 0 bridgehead atoms. The number of aromatic nitrogens is 2. The van der Waals surface area contributed by atoms with Gasteiger partial charge in [0.25, 0.3) is 5.91 Å². The van der Waals surface area contributed by atoms with Crippen molar-refractivity contribution in [3.8, 4) is 5.75 Å². The SMILES string of the molecule is Cc1cc(OCC(=O)Nc2ccc3c(c2)nc(CCNC(=O)C2CCCC2)n3C)ccc1Cl. The third-order valence-corrected chi connectivity index (χ3v) is 6.55. The number of fused-ring (bicyclic) bond motifs is 1. The maximum Gasteiger partial charge on any atom is 0.262 e. The molecule has 0 radical (unpaired) electrons. The summed E-state index contributed by atoms with van der Waals surface area (Å²) in [5, 5.41) is 6.56. The predicted octanol–water partition coefficient (Wildman–Crippen LogP) is 4.40. The lowest BCUT2D eigenvalue weighted by atomic mass is 10.1. The lowest BCUT2D eigenvalue weighted by Gasteiger charge is -2.10. The third kappa shape index (κ3) is 5.66. The minimum absolute atomic E-state index is 0.104. The van der Waals surface area contributed by atoms with E-state index in [0.717, 1.165) is 48.1 Å². The van der Waals surface area contributed by atoms with Gasteiger partial charge in [-0.3, -0.25) is 9.59 Å². The number of halogens is 1. The molecule has 4 rings (SSSR count). The summed E-state index contributed by atoms with van der Waals surface area (Å²) in [4.78, 5) is 29.3. The first-order valence-corrected chi connectivity index (χ1v) is 11.7. The fourth-order valence-electron chi connectivity index (χ4n) is 4.23. The molecule has 1 heterocycles. The van der Waals surface area contributed by atoms with Crippen LogP contribution in [-0.2, 0) is 23.1 Å². The zero-order valence-corrected chi connectivity index (χ0v) is 19.7. The second kappa shape index (κ2) is 10.3. The van der Waals surface area contributed by atoms with Crippen molar-refractivity contribution in [1.29, 1.82) is 0 Å². The molecule has 1 saturated carbocycles. The van der Waals surface area contributed by atoms with E-state index in [1.54, 1.807) is 18.2 Å². The van der Waals surface area contributed by atoms with E-state index in [0.29, 0.717) is 29.4 Å². The maximum absolute atomic E-state index is 12.3. The molecule has 0 atom stereocenters. The number of amides is 2. The van der Waals surface area contributed by atoms with Crippen molar-refractivity contribution in [1.82, 2.24) is 14.9 Å². The molecule has 0 aliphatic heterocycles. The summed E-state index contributed by atoms with van der Waals surface area (Å²) in [5.74, 6) is 1.56. The van der Waals surface area contributed by atoms with Gasteiger partial charge in [0.15, 0.2) is 6.61 Å². The summed E-state index contributed by atoms with van der Waals surface area (Å²) in [7, 11) is 1.96. The highest BCUT2D eigenvalue weighted by Gasteiger charge is 2.22. The van der Waals surface area contributed by atoms with Crippen molar-refractivity contribution in [2.45, 2.75) is 39.0 Å². The molecule has 1 aliphatic rings. The number of imidazole rings is 1. The lowest BCUT2D eigenvalue weighted by Crippen LogP contribution is -2.31. The van der Waals surface area contributed by atoms with E-state index in [1.807, 2.05) is 36.7 Å². The molecule has 1 aromatic heterocycles. The molecule has 0 unspecified atom stereocenters. The number of hydrogen-bond acceptors (Lipinski definition) is 4. The zero-order chi connectivity index (χ0) is 23.4. The van der Waals surface area contributed by atoms with Gasteiger partial charge in [-0.15, -0.1) is 0 Å². The van der Waals surface area contributed by atoms with Crippen LogP contribution in [0.1, 0.15) is 37.1 Å². The minimum Gasteiger partial charge on any atom is -0.484 e. The van der Waals surface area contributed by atoms with Gasteiger partial charge in [0.05, 0.1) is 11.0 Å². The normalized spacial score (nSPS) is 13.9. The fraction of sp³-hybridized carbons (Fsp3) is 0.400. The Bertz CT molecular complexity index is 1170. The number of aryl methyl sites for hydroxylation is 2. The maximum atomic E-state index is 12.3. The number of anilines is 1. The Kier molecular flexibility index (Phi) is 7.18. The van der Waals surface area contributed by atoms with Gasteiger partial charge in [0, 0.05) is 36.6 Å². The average Bonchev–Trinajstić information content (AvgIpc) is 3.43. The smallest absolute Gasteiger partial charge is 0.262 e. The quantitative estimate of drug-likeness (QED) is 0.513. The Balaban J connectivity index is 1.32. The van der Waals surface area contributed by atoms with Crippen LogP contribution in [0.15, 0.2) is 36.4 Å². The van der Waals surface area contributed by atoms with Crippen LogP contribution in [0.5, 0.6) is 5.75 Å². The molecule has 8 heteroatoms. The van der Waals surface area contributed by atoms with Crippen LogP contribution in [0.2, 0.25) is 5.02 Å². The van der Waals surface area contributed by atoms with Crippen LogP contribution in [0.25, 0.3) is 11.0 Å². The number of nitrogens with one attached hydrogen (secondary N) is 2. The Morgan fingerprint density at radius 2 is 1.97 bits per heavy atom. The van der Waals surface area contributed by atoms with Crippen molar-refractivity contribution in [2.24, 2.45) is 13.0 Å². The summed E-state index contributed by atoms with van der Waals surface area (Å²) in [6.45, 7) is 2.35.